The van der Waals surface area contributed by atoms with Gasteiger partial charge in [-0.15, -0.1) is 0 Å². The first kappa shape index (κ1) is 18.3. The van der Waals surface area contributed by atoms with Crippen molar-refractivity contribution in [1.82, 2.24) is 0 Å². The molecular weight excluding hydrogens is 298 g/mol. The Hall–Kier alpha value is -2.03. The molecule has 1 unspecified atom stereocenters. The van der Waals surface area contributed by atoms with Gasteiger partial charge in [0.25, 0.3) is 0 Å². The van der Waals surface area contributed by atoms with Gasteiger partial charge in [-0.3, -0.25) is 0 Å². The highest BCUT2D eigenvalue weighted by Crippen LogP contribution is 2.44. The average molecular weight is 327 g/mol. The Morgan fingerprint density at radius 2 is 1.54 bits per heavy atom. The zero-order chi connectivity index (χ0) is 18.3. The SMILES string of the molecule is C=[N+]([O-])C1(c2cc(C(C)(C)C)c(O)c(C(C)(C)C)c2)C=CC=CC1. The molecule has 0 aliphatic heterocycles. The van der Waals surface area contributed by atoms with E-state index in [0.717, 1.165) is 21.4 Å². The number of hydroxylamine groups is 1. The van der Waals surface area contributed by atoms with E-state index < -0.39 is 5.54 Å². The number of benzene rings is 1. The summed E-state index contributed by atoms with van der Waals surface area (Å²) >= 11 is 0. The number of phenolic OH excluding ortho intramolecular Hbond substituents is 1. The van der Waals surface area contributed by atoms with Crippen LogP contribution in [0.3, 0.4) is 0 Å². The van der Waals surface area contributed by atoms with Gasteiger partial charge in [0.2, 0.25) is 5.54 Å². The van der Waals surface area contributed by atoms with Crippen molar-refractivity contribution >= 4 is 6.72 Å². The van der Waals surface area contributed by atoms with Crippen LogP contribution >= 0.6 is 0 Å². The Morgan fingerprint density at radius 3 is 1.88 bits per heavy atom. The molecule has 0 heterocycles. The molecule has 3 nitrogen and oxygen atoms in total. The van der Waals surface area contributed by atoms with Gasteiger partial charge in [0, 0.05) is 23.1 Å². The van der Waals surface area contributed by atoms with Gasteiger partial charge in [0.05, 0.1) is 0 Å². The Balaban J connectivity index is 2.82. The highest BCUT2D eigenvalue weighted by Gasteiger charge is 2.40. The van der Waals surface area contributed by atoms with E-state index in [1.165, 1.54) is 0 Å². The largest absolute Gasteiger partial charge is 0.623 e. The summed E-state index contributed by atoms with van der Waals surface area (Å²) in [6.07, 6.45) is 8.28. The third kappa shape index (κ3) is 3.12. The Labute approximate surface area is 145 Å². The quantitative estimate of drug-likeness (QED) is 0.363. The standard InChI is InChI=1S/C21H29NO2/c1-19(2,3)16-13-15(14-17(18(16)23)20(4,5)6)21(22(7)24)11-9-8-10-12-21/h8-11,13-14,23H,7,12H2,1-6H3. The van der Waals surface area contributed by atoms with Crippen molar-refractivity contribution in [3.8, 4) is 5.75 Å². The van der Waals surface area contributed by atoms with E-state index in [2.05, 4.69) is 48.3 Å². The summed E-state index contributed by atoms with van der Waals surface area (Å²) in [6.45, 7) is 16.1. The molecule has 1 aliphatic carbocycles. The number of rotatable bonds is 2. The van der Waals surface area contributed by atoms with Crippen LogP contribution in [0.2, 0.25) is 0 Å². The Morgan fingerprint density at radius 1 is 1.04 bits per heavy atom. The topological polar surface area (TPSA) is 46.3 Å². The second-order valence-corrected chi connectivity index (χ2v) is 8.71. The van der Waals surface area contributed by atoms with Gasteiger partial charge in [-0.05, 0) is 29.0 Å². The van der Waals surface area contributed by atoms with Crippen molar-refractivity contribution in [3.63, 3.8) is 0 Å². The normalized spacial score (nSPS) is 21.1. The van der Waals surface area contributed by atoms with E-state index in [4.69, 9.17) is 0 Å². The van der Waals surface area contributed by atoms with E-state index in [0.29, 0.717) is 12.2 Å². The van der Waals surface area contributed by atoms with Crippen LogP contribution in [0.15, 0.2) is 36.4 Å². The fraction of sp³-hybridized carbons (Fsp3) is 0.476. The lowest BCUT2D eigenvalue weighted by molar-refractivity contribution is -0.535. The van der Waals surface area contributed by atoms with Crippen molar-refractivity contribution in [2.75, 3.05) is 0 Å². The van der Waals surface area contributed by atoms with Crippen molar-refractivity contribution in [2.45, 2.75) is 64.3 Å². The number of phenols is 1. The molecule has 1 aromatic carbocycles. The van der Waals surface area contributed by atoms with Crippen LogP contribution in [-0.2, 0) is 16.4 Å². The maximum absolute atomic E-state index is 12.4. The lowest BCUT2D eigenvalue weighted by Crippen LogP contribution is -2.35. The monoisotopic (exact) mass is 327 g/mol. The van der Waals surface area contributed by atoms with Gasteiger partial charge in [-0.2, -0.15) is 0 Å². The van der Waals surface area contributed by atoms with Crippen LogP contribution in [0.25, 0.3) is 0 Å². The average Bonchev–Trinajstić information content (AvgIpc) is 2.45. The molecule has 0 saturated carbocycles. The lowest BCUT2D eigenvalue weighted by Gasteiger charge is -2.34. The molecule has 0 spiro atoms. The zero-order valence-electron chi connectivity index (χ0n) is 15.7. The fourth-order valence-electron chi connectivity index (χ4n) is 3.18. The van der Waals surface area contributed by atoms with Gasteiger partial charge in [0.1, 0.15) is 12.5 Å². The minimum absolute atomic E-state index is 0.232. The molecule has 0 amide bonds. The van der Waals surface area contributed by atoms with Crippen molar-refractivity contribution < 1.29 is 9.85 Å². The molecular formula is C21H29NO2. The second-order valence-electron chi connectivity index (χ2n) is 8.71. The van der Waals surface area contributed by atoms with Gasteiger partial charge in [0.15, 0.2) is 0 Å². The summed E-state index contributed by atoms with van der Waals surface area (Å²) in [4.78, 5) is 0. The highest BCUT2D eigenvalue weighted by atomic mass is 16.5. The zero-order valence-corrected chi connectivity index (χ0v) is 15.7. The first-order valence-electron chi connectivity index (χ1n) is 8.40. The van der Waals surface area contributed by atoms with Crippen LogP contribution in [0.4, 0.5) is 0 Å². The number of nitrogens with zero attached hydrogens (tertiary/aromatic N) is 1. The Bertz CT molecular complexity index is 679. The predicted molar refractivity (Wildman–Crippen MR) is 101 cm³/mol. The van der Waals surface area contributed by atoms with E-state index in [9.17, 15) is 10.3 Å². The fourth-order valence-corrected chi connectivity index (χ4v) is 3.18. The van der Waals surface area contributed by atoms with E-state index in [-0.39, 0.29) is 10.8 Å². The molecule has 0 bridgehead atoms. The second kappa shape index (κ2) is 5.80. The maximum atomic E-state index is 12.4. The minimum atomic E-state index is -0.831. The van der Waals surface area contributed by atoms with Crippen molar-refractivity contribution in [2.24, 2.45) is 0 Å². The number of aromatic hydroxyl groups is 1. The summed E-state index contributed by atoms with van der Waals surface area (Å²) in [5.74, 6) is 0.325. The summed E-state index contributed by atoms with van der Waals surface area (Å²) in [6, 6.07) is 3.92. The van der Waals surface area contributed by atoms with Crippen molar-refractivity contribution in [1.29, 1.82) is 0 Å². The van der Waals surface area contributed by atoms with Crippen LogP contribution in [-0.4, -0.2) is 16.6 Å². The summed E-state index contributed by atoms with van der Waals surface area (Å²) in [5, 5.41) is 23.3. The Kier molecular flexibility index (Phi) is 4.43. The molecule has 2 rings (SSSR count). The summed E-state index contributed by atoms with van der Waals surface area (Å²) in [7, 11) is 0. The molecule has 1 N–H and O–H groups in total. The molecule has 3 heteroatoms. The van der Waals surface area contributed by atoms with Gasteiger partial charge >= 0.3 is 0 Å². The molecule has 1 aromatic rings. The molecule has 0 saturated heterocycles. The van der Waals surface area contributed by atoms with Gasteiger partial charge < -0.3 is 10.3 Å². The smallest absolute Gasteiger partial charge is 0.219 e. The van der Waals surface area contributed by atoms with Crippen LogP contribution in [0.1, 0.15) is 64.7 Å². The molecule has 0 aromatic heterocycles. The highest BCUT2D eigenvalue weighted by molar-refractivity contribution is 5.52. The third-order valence-corrected chi connectivity index (χ3v) is 4.72. The molecule has 130 valence electrons. The first-order chi connectivity index (χ1) is 10.9. The van der Waals surface area contributed by atoms with E-state index in [1.807, 2.05) is 36.4 Å². The maximum Gasteiger partial charge on any atom is 0.219 e. The first-order valence-corrected chi connectivity index (χ1v) is 8.40. The molecule has 24 heavy (non-hydrogen) atoms. The lowest BCUT2D eigenvalue weighted by atomic mass is 9.74. The molecule has 1 atom stereocenters. The molecule has 0 fully saturated rings. The van der Waals surface area contributed by atoms with E-state index in [1.54, 1.807) is 0 Å². The van der Waals surface area contributed by atoms with E-state index >= 15 is 0 Å². The van der Waals surface area contributed by atoms with Crippen LogP contribution in [0, 0.1) is 5.21 Å². The number of allylic oxidation sites excluding steroid dienone is 2. The number of hydrogen-bond donors (Lipinski definition) is 1. The summed E-state index contributed by atoms with van der Waals surface area (Å²) < 4.78 is 0.776. The van der Waals surface area contributed by atoms with Crippen molar-refractivity contribution in [3.05, 3.63) is 58.3 Å². The predicted octanol–water partition coefficient (Wildman–Crippen LogP) is 4.91. The summed E-state index contributed by atoms with van der Waals surface area (Å²) in [5.41, 5.74) is 1.29. The molecule has 0 radical (unpaired) electrons. The van der Waals surface area contributed by atoms with Gasteiger partial charge in [-0.1, -0.05) is 59.8 Å². The third-order valence-electron chi connectivity index (χ3n) is 4.72. The molecule has 1 aliphatic rings. The van der Waals surface area contributed by atoms with Gasteiger partial charge in [-0.25, -0.2) is 4.74 Å². The van der Waals surface area contributed by atoms with Crippen LogP contribution in [0.5, 0.6) is 5.75 Å². The number of hydrogen-bond acceptors (Lipinski definition) is 2. The minimum Gasteiger partial charge on any atom is -0.623 e. The van der Waals surface area contributed by atoms with Crippen LogP contribution < -0.4 is 0 Å².